The predicted octanol–water partition coefficient (Wildman–Crippen LogP) is 1.50. The lowest BCUT2D eigenvalue weighted by Gasteiger charge is -2.43. The van der Waals surface area contributed by atoms with E-state index in [1.54, 1.807) is 18.7 Å². The van der Waals surface area contributed by atoms with Gasteiger partial charge in [-0.2, -0.15) is 0 Å². The third kappa shape index (κ3) is 5.63. The Kier molecular flexibility index (Phi) is 7.99. The third-order valence-electron chi connectivity index (χ3n) is 7.45. The number of likely N-dealkylation sites (tertiary alicyclic amines) is 2. The van der Waals surface area contributed by atoms with Crippen LogP contribution in [0.15, 0.2) is 60.7 Å². The Morgan fingerprint density at radius 1 is 1.08 bits per heavy atom. The van der Waals surface area contributed by atoms with E-state index in [2.05, 4.69) is 5.32 Å². The fourth-order valence-electron chi connectivity index (χ4n) is 5.35. The van der Waals surface area contributed by atoms with Crippen LogP contribution < -0.4 is 11.1 Å². The molecule has 2 saturated heterocycles. The van der Waals surface area contributed by atoms with Crippen molar-refractivity contribution in [3.63, 3.8) is 0 Å². The molecule has 9 heteroatoms. The summed E-state index contributed by atoms with van der Waals surface area (Å²) >= 11 is 0. The molecule has 38 heavy (non-hydrogen) atoms. The Morgan fingerprint density at radius 2 is 1.68 bits per heavy atom. The summed E-state index contributed by atoms with van der Waals surface area (Å²) in [5, 5.41) is 2.75. The summed E-state index contributed by atoms with van der Waals surface area (Å²) in [6.45, 7) is 3.71. The van der Waals surface area contributed by atoms with E-state index in [1.807, 2.05) is 60.7 Å². The zero-order valence-corrected chi connectivity index (χ0v) is 22.2. The molecule has 2 fully saturated rings. The van der Waals surface area contributed by atoms with Crippen LogP contribution in [0.25, 0.3) is 0 Å². The van der Waals surface area contributed by atoms with Crippen LogP contribution in [-0.4, -0.2) is 71.8 Å². The molecule has 2 aromatic carbocycles. The summed E-state index contributed by atoms with van der Waals surface area (Å²) in [6.07, 6.45) is 0.704. The molecule has 9 nitrogen and oxygen atoms in total. The van der Waals surface area contributed by atoms with E-state index in [9.17, 15) is 19.2 Å². The van der Waals surface area contributed by atoms with E-state index in [1.165, 1.54) is 11.9 Å². The summed E-state index contributed by atoms with van der Waals surface area (Å²) in [5.74, 6) is -1.84. The van der Waals surface area contributed by atoms with E-state index in [0.29, 0.717) is 19.4 Å². The number of nitrogens with zero attached hydrogens (tertiary/aromatic N) is 2. The van der Waals surface area contributed by atoms with Gasteiger partial charge < -0.3 is 20.7 Å². The van der Waals surface area contributed by atoms with E-state index >= 15 is 0 Å². The van der Waals surface area contributed by atoms with Crippen molar-refractivity contribution < 1.29 is 23.9 Å². The molecule has 0 spiro atoms. The topological polar surface area (TPSA) is 122 Å². The molecule has 2 heterocycles. The maximum atomic E-state index is 13.8. The van der Waals surface area contributed by atoms with Crippen LogP contribution in [0.5, 0.6) is 0 Å². The number of carbonyl (C=O) groups excluding carboxylic acids is 4. The molecule has 3 atom stereocenters. The lowest BCUT2D eigenvalue weighted by atomic mass is 9.68. The number of hydrogen-bond donors (Lipinski definition) is 2. The zero-order valence-electron chi connectivity index (χ0n) is 22.2. The molecule has 2 aromatic rings. The van der Waals surface area contributed by atoms with Crippen molar-refractivity contribution in [3.05, 3.63) is 71.8 Å². The lowest BCUT2D eigenvalue weighted by Crippen LogP contribution is -2.61. The van der Waals surface area contributed by atoms with Crippen molar-refractivity contribution in [2.24, 2.45) is 17.1 Å². The van der Waals surface area contributed by atoms with Gasteiger partial charge in [-0.1, -0.05) is 60.7 Å². The van der Waals surface area contributed by atoms with Gasteiger partial charge in [0.1, 0.15) is 6.04 Å². The van der Waals surface area contributed by atoms with Crippen LogP contribution in [-0.2, 0) is 36.9 Å². The van der Waals surface area contributed by atoms with E-state index < -0.39 is 28.8 Å². The highest BCUT2D eigenvalue weighted by molar-refractivity contribution is 6.08. The van der Waals surface area contributed by atoms with Gasteiger partial charge >= 0.3 is 0 Å². The van der Waals surface area contributed by atoms with Gasteiger partial charge in [-0.3, -0.25) is 24.1 Å². The Labute approximate surface area is 223 Å². The Balaban J connectivity index is 1.57. The van der Waals surface area contributed by atoms with Crippen LogP contribution in [0.4, 0.5) is 0 Å². The molecule has 0 bridgehead atoms. The third-order valence-corrected chi connectivity index (χ3v) is 7.45. The van der Waals surface area contributed by atoms with Crippen molar-refractivity contribution in [1.29, 1.82) is 0 Å². The molecule has 202 valence electrons. The highest BCUT2D eigenvalue weighted by Crippen LogP contribution is 2.46. The number of hydrogen-bond acceptors (Lipinski definition) is 6. The van der Waals surface area contributed by atoms with Gasteiger partial charge in [0, 0.05) is 20.1 Å². The number of carbonyl (C=O) groups is 4. The van der Waals surface area contributed by atoms with Crippen molar-refractivity contribution >= 4 is 23.6 Å². The average Bonchev–Trinajstić information content (AvgIpc) is 3.08. The Hall–Kier alpha value is -3.56. The number of rotatable bonds is 9. The molecule has 0 saturated carbocycles. The van der Waals surface area contributed by atoms with Crippen LogP contribution in [0.3, 0.4) is 0 Å². The minimum absolute atomic E-state index is 0.0616. The van der Waals surface area contributed by atoms with Crippen molar-refractivity contribution in [3.8, 4) is 0 Å². The molecule has 4 amide bonds. The summed E-state index contributed by atoms with van der Waals surface area (Å²) < 4.78 is 5.84. The van der Waals surface area contributed by atoms with Gasteiger partial charge in [-0.15, -0.1) is 0 Å². The number of amides is 4. The highest BCUT2D eigenvalue weighted by Gasteiger charge is 2.60. The fraction of sp³-hybridized carbons (Fsp3) is 0.448. The summed E-state index contributed by atoms with van der Waals surface area (Å²) in [4.78, 5) is 55.9. The molecule has 0 aromatic heterocycles. The summed E-state index contributed by atoms with van der Waals surface area (Å²) in [5.41, 5.74) is 5.58. The minimum atomic E-state index is -1.20. The summed E-state index contributed by atoms with van der Waals surface area (Å²) in [7, 11) is 1.51. The van der Waals surface area contributed by atoms with Crippen molar-refractivity contribution in [2.75, 3.05) is 26.7 Å². The van der Waals surface area contributed by atoms with E-state index in [-0.39, 0.29) is 37.5 Å². The number of nitrogens with one attached hydrogen (secondary N) is 1. The van der Waals surface area contributed by atoms with Crippen LogP contribution in [0.2, 0.25) is 0 Å². The largest absolute Gasteiger partial charge is 0.374 e. The van der Waals surface area contributed by atoms with Gasteiger partial charge in [-0.25, -0.2) is 0 Å². The molecule has 2 aliphatic heterocycles. The molecule has 4 rings (SSSR count). The van der Waals surface area contributed by atoms with E-state index in [4.69, 9.17) is 10.5 Å². The number of ether oxygens (including phenoxy) is 1. The zero-order chi connectivity index (χ0) is 27.5. The SMILES string of the molecule is CN1C(=O)C2CCN(C(=O)C(COCc3ccccc3)NC(=O)C(C)(C)N)CC2(Cc2ccccc2)C1=O. The van der Waals surface area contributed by atoms with Gasteiger partial charge in [0.15, 0.2) is 0 Å². The fourth-order valence-corrected chi connectivity index (χ4v) is 5.35. The minimum Gasteiger partial charge on any atom is -0.374 e. The molecule has 2 aliphatic rings. The van der Waals surface area contributed by atoms with Crippen molar-refractivity contribution in [1.82, 2.24) is 15.1 Å². The molecule has 0 aliphatic carbocycles. The maximum absolute atomic E-state index is 13.8. The maximum Gasteiger partial charge on any atom is 0.247 e. The van der Waals surface area contributed by atoms with Gasteiger partial charge in [0.05, 0.1) is 30.1 Å². The Morgan fingerprint density at radius 3 is 2.29 bits per heavy atom. The molecular formula is C29H36N4O5. The standard InChI is InChI=1S/C29H36N4O5/c1-28(2,30)26(36)31-23(18-38-17-21-12-8-5-9-13-21)25(35)33-15-14-22-24(34)32(3)27(37)29(22,19-33)16-20-10-6-4-7-11-20/h4-13,22-23H,14-19,30H2,1-3H3,(H,31,36). The number of nitrogens with two attached hydrogens (primary N) is 1. The van der Waals surface area contributed by atoms with Gasteiger partial charge in [0.2, 0.25) is 23.6 Å². The second-order valence-corrected chi connectivity index (χ2v) is 10.9. The first kappa shape index (κ1) is 27.5. The van der Waals surface area contributed by atoms with Gasteiger partial charge in [-0.05, 0) is 37.8 Å². The number of benzene rings is 2. The average molecular weight is 521 g/mol. The molecule has 3 N–H and O–H groups in total. The predicted molar refractivity (Wildman–Crippen MR) is 141 cm³/mol. The second-order valence-electron chi connectivity index (χ2n) is 10.9. The van der Waals surface area contributed by atoms with Crippen LogP contribution >= 0.6 is 0 Å². The monoisotopic (exact) mass is 520 g/mol. The number of imide groups is 1. The Bertz CT molecular complexity index is 1180. The van der Waals surface area contributed by atoms with Crippen LogP contribution in [0.1, 0.15) is 31.4 Å². The molecule has 0 radical (unpaired) electrons. The molecule has 3 unspecified atom stereocenters. The number of piperidine rings is 1. The second kappa shape index (κ2) is 11.0. The van der Waals surface area contributed by atoms with Crippen LogP contribution in [0, 0.1) is 11.3 Å². The first-order valence-electron chi connectivity index (χ1n) is 12.9. The normalized spacial score (nSPS) is 22.3. The highest BCUT2D eigenvalue weighted by atomic mass is 16.5. The first-order chi connectivity index (χ1) is 18.0. The smallest absolute Gasteiger partial charge is 0.247 e. The van der Waals surface area contributed by atoms with Crippen molar-refractivity contribution in [2.45, 2.75) is 44.9 Å². The quantitative estimate of drug-likeness (QED) is 0.484. The molecular weight excluding hydrogens is 484 g/mol. The lowest BCUT2D eigenvalue weighted by molar-refractivity contribution is -0.147. The number of fused-ring (bicyclic) bond motifs is 1. The van der Waals surface area contributed by atoms with Gasteiger partial charge in [0.25, 0.3) is 0 Å². The van der Waals surface area contributed by atoms with E-state index in [0.717, 1.165) is 11.1 Å². The first-order valence-corrected chi connectivity index (χ1v) is 12.9. The summed E-state index contributed by atoms with van der Waals surface area (Å²) in [6, 6.07) is 18.0.